The lowest BCUT2D eigenvalue weighted by atomic mass is 9.72. The molecule has 0 unspecified atom stereocenters. The van der Waals surface area contributed by atoms with Crippen LogP contribution in [0.4, 0.5) is 0 Å². The van der Waals surface area contributed by atoms with Crippen LogP contribution < -0.4 is 4.74 Å². The van der Waals surface area contributed by atoms with Crippen LogP contribution >= 0.6 is 30.2 Å². The average Bonchev–Trinajstić information content (AvgIpc) is 0.695. The van der Waals surface area contributed by atoms with Crippen LogP contribution in [0, 0.1) is 0 Å². The van der Waals surface area contributed by atoms with Gasteiger partial charge in [0.1, 0.15) is 11.5 Å². The molecule has 564 valence electrons. The van der Waals surface area contributed by atoms with Crippen LogP contribution in [0.1, 0.15) is 391 Å². The van der Waals surface area contributed by atoms with Crippen molar-refractivity contribution in [2.24, 2.45) is 0 Å². The van der Waals surface area contributed by atoms with Gasteiger partial charge in [0.25, 0.3) is 0 Å². The minimum absolute atomic E-state index is 0.0246. The van der Waals surface area contributed by atoms with Gasteiger partial charge in [-0.3, -0.25) is 0 Å². The van der Waals surface area contributed by atoms with Crippen molar-refractivity contribution >= 4 is 50.3 Å². The number of para-hydroxylation sites is 2. The summed E-state index contributed by atoms with van der Waals surface area (Å²) in [4.78, 5) is 0. The summed E-state index contributed by atoms with van der Waals surface area (Å²) in [6.45, 7) is 104. The molecule has 0 bridgehead atoms. The minimum atomic E-state index is -0.962. The fourth-order valence-electron chi connectivity index (χ4n) is 15.3. The van der Waals surface area contributed by atoms with Crippen molar-refractivity contribution in [2.45, 2.75) is 378 Å². The third kappa shape index (κ3) is 17.7. The van der Waals surface area contributed by atoms with E-state index in [4.69, 9.17) is 4.74 Å². The zero-order chi connectivity index (χ0) is 78.6. The van der Waals surface area contributed by atoms with Crippen LogP contribution in [0.2, 0.25) is 0 Å². The first-order valence-corrected chi connectivity index (χ1v) is 45.0. The summed E-state index contributed by atoms with van der Waals surface area (Å²) in [7, 11) is -3.62. The summed E-state index contributed by atoms with van der Waals surface area (Å²) in [5.41, 5.74) is 25.5. The van der Waals surface area contributed by atoms with E-state index in [1.807, 2.05) is 0 Å². The number of rotatable bonds is 10. The Morgan fingerprint density at radius 1 is 0.223 bits per heavy atom. The van der Waals surface area contributed by atoms with Crippen LogP contribution in [-0.2, 0) is 77.3 Å². The van der Waals surface area contributed by atoms with Gasteiger partial charge >= 0.3 is 0 Å². The molecule has 1 nitrogen and oxygen atoms in total. The SMILES string of the molecule is CC(C)(C)c1cc(C(C)(C)C)c(C2=P(Cc3ccccc3Oc3ccccc3CP3=C(c4c(C(C)(C)C)cc(C(C)(C)C)cc4C(C)(C)C)P(C(C)(C)C)C=3c3c(C(C)(C)C)cc(C(C)(C)C)cc3C(C)(C)C)=C(c3c(C(C)(C)C)cc(C(C)(C)C)cc3C(C)(C)C)P2C(C)(C)C)c(C(C)(C)C)c1. The number of hydrogen-bond acceptors (Lipinski definition) is 1. The predicted molar refractivity (Wildman–Crippen MR) is 474 cm³/mol. The van der Waals surface area contributed by atoms with Gasteiger partial charge in [-0.2, -0.15) is 0 Å². The standard InChI is InChI=1S/C98H146OP4/c1-85(2,3)63-51-67(89(13,14)15)77(68(52-63)90(16,17)18)81-100(82(102(81)97(37,38)39)78-69(91(19,20)21)53-64(86(4,5)6)54-70(78)92(22,23)24)59-61-47-43-45-49-75(61)99-76-50-46-44-48-62(76)60-101-83(79-71(93(25,26)27)55-65(87(7,8)9)56-72(79)94(28,29)30)103(98(40,41)42)84(101)80-73(95(31,32)33)57-66(88(10,11)12)58-74(80)96(34,35)36/h43-58H,59-60H2,1-42H3. The highest BCUT2D eigenvalue weighted by atomic mass is 31.2. The largest absolute Gasteiger partial charge is 0.457 e. The fraction of sp³-hybridized carbons (Fsp3) is 0.592. The molecule has 2 heterocycles. The predicted octanol–water partition coefficient (Wildman–Crippen LogP) is 30.3. The van der Waals surface area contributed by atoms with Crippen molar-refractivity contribution < 1.29 is 4.74 Å². The van der Waals surface area contributed by atoms with Gasteiger partial charge < -0.3 is 4.74 Å². The van der Waals surface area contributed by atoms with Crippen molar-refractivity contribution in [3.8, 4) is 11.5 Å². The second-order valence-electron chi connectivity index (χ2n) is 45.6. The quantitative estimate of drug-likeness (QED) is 0.124. The van der Waals surface area contributed by atoms with E-state index in [1.54, 1.807) is 42.4 Å². The van der Waals surface area contributed by atoms with Gasteiger partial charge in [0, 0.05) is 43.6 Å². The van der Waals surface area contributed by atoms with Gasteiger partial charge in [-0.15, -0.1) is 14.3 Å². The Bertz CT molecular complexity index is 3800. The van der Waals surface area contributed by atoms with Gasteiger partial charge in [0.05, 0.1) is 0 Å². The maximum absolute atomic E-state index is 7.96. The summed E-state index contributed by atoms with van der Waals surface area (Å²) < 4.78 is 7.96. The summed E-state index contributed by atoms with van der Waals surface area (Å²) in [5.74, 6) is 1.96. The van der Waals surface area contributed by atoms with E-state index in [0.717, 1.165) is 23.8 Å². The first kappa shape index (κ1) is 84.7. The highest BCUT2D eigenvalue weighted by molar-refractivity contribution is 8.16. The molecule has 5 heteroatoms. The van der Waals surface area contributed by atoms with Crippen LogP contribution in [0.5, 0.6) is 11.5 Å². The molecule has 0 saturated heterocycles. The Morgan fingerprint density at radius 2 is 0.388 bits per heavy atom. The Kier molecular flexibility index (Phi) is 22.7. The molecule has 2 aliphatic heterocycles. The fourth-order valence-corrected chi connectivity index (χ4v) is 33.7. The lowest BCUT2D eigenvalue weighted by Gasteiger charge is -2.48. The van der Waals surface area contributed by atoms with Gasteiger partial charge in [0.2, 0.25) is 0 Å². The molecule has 0 fully saturated rings. The van der Waals surface area contributed by atoms with Gasteiger partial charge in [-0.05, 0) is 192 Å². The molecule has 2 aliphatic rings. The van der Waals surface area contributed by atoms with Crippen LogP contribution in [0.15, 0.2) is 97.1 Å². The molecule has 6 aromatic rings. The van der Waals surface area contributed by atoms with Crippen molar-refractivity contribution in [1.82, 2.24) is 0 Å². The molecule has 0 saturated carbocycles. The summed E-state index contributed by atoms with van der Waals surface area (Å²) in [6, 6.07) is 39.8. The van der Waals surface area contributed by atoms with E-state index < -0.39 is 30.2 Å². The summed E-state index contributed by atoms with van der Waals surface area (Å²) in [6.07, 6.45) is 1.78. The van der Waals surface area contributed by atoms with Crippen LogP contribution in [0.25, 0.3) is 0 Å². The lowest BCUT2D eigenvalue weighted by Crippen LogP contribution is -2.35. The molecule has 0 atom stereocenters. The first-order chi connectivity index (χ1) is 46.0. The molecule has 0 aromatic heterocycles. The van der Waals surface area contributed by atoms with Gasteiger partial charge in [-0.25, -0.2) is 0 Å². The molecule has 0 amide bonds. The van der Waals surface area contributed by atoms with E-state index in [2.05, 4.69) is 388 Å². The molecule has 6 aromatic carbocycles. The zero-order valence-corrected chi connectivity index (χ0v) is 77.4. The molecule has 0 radical (unpaired) electrons. The van der Waals surface area contributed by atoms with Gasteiger partial charge in [-0.1, -0.05) is 376 Å². The number of hydrogen-bond donors (Lipinski definition) is 0. The number of benzene rings is 6. The van der Waals surface area contributed by atoms with Crippen molar-refractivity contribution in [3.63, 3.8) is 0 Å². The van der Waals surface area contributed by atoms with Crippen molar-refractivity contribution in [1.29, 1.82) is 0 Å². The van der Waals surface area contributed by atoms with Crippen LogP contribution in [-0.4, -0.2) is 30.5 Å². The highest BCUT2D eigenvalue weighted by Gasteiger charge is 2.50. The normalized spacial score (nSPS) is 17.7. The third-order valence-corrected chi connectivity index (χ3v) is 36.2. The topological polar surface area (TPSA) is 9.23 Å². The van der Waals surface area contributed by atoms with E-state index >= 15 is 0 Å². The second kappa shape index (κ2) is 27.6. The Balaban J connectivity index is 1.56. The molecule has 0 aliphatic carbocycles. The molecular formula is C98H146OP4. The lowest BCUT2D eigenvalue weighted by molar-refractivity contribution is 0.474. The van der Waals surface area contributed by atoms with E-state index in [1.165, 1.54) is 77.9 Å². The maximum Gasteiger partial charge on any atom is 0.131 e. The minimum Gasteiger partial charge on any atom is -0.457 e. The third-order valence-electron chi connectivity index (χ3n) is 21.4. The monoisotopic (exact) mass is 1460 g/mol. The first-order valence-electron chi connectivity index (χ1n) is 39.3. The molecular weight excluding hydrogens is 1320 g/mol. The summed E-state index contributed by atoms with van der Waals surface area (Å²) in [5, 5.41) is 6.83. The average molecular weight is 1460 g/mol. The highest BCUT2D eigenvalue weighted by Crippen LogP contribution is 2.72. The Morgan fingerprint density at radius 3 is 0.534 bits per heavy atom. The molecule has 0 N–H and O–H groups in total. The summed E-state index contributed by atoms with van der Waals surface area (Å²) >= 11 is 0. The molecule has 8 rings (SSSR count). The van der Waals surface area contributed by atoms with E-state index in [-0.39, 0.29) is 75.3 Å². The van der Waals surface area contributed by atoms with Gasteiger partial charge in [0.15, 0.2) is 0 Å². The Hall–Kier alpha value is -3.94. The Labute approximate surface area is 637 Å². The van der Waals surface area contributed by atoms with Crippen molar-refractivity contribution in [2.75, 3.05) is 0 Å². The van der Waals surface area contributed by atoms with E-state index in [0.29, 0.717) is 0 Å². The smallest absolute Gasteiger partial charge is 0.131 e. The maximum atomic E-state index is 7.96. The molecule has 103 heavy (non-hydrogen) atoms. The molecule has 0 spiro atoms. The van der Waals surface area contributed by atoms with E-state index in [9.17, 15) is 0 Å². The zero-order valence-electron chi connectivity index (χ0n) is 73.8. The number of ether oxygens (including phenoxy) is 1. The van der Waals surface area contributed by atoms with Crippen LogP contribution in [0.3, 0.4) is 0 Å². The van der Waals surface area contributed by atoms with Crippen molar-refractivity contribution in [3.05, 3.63) is 197 Å². The second-order valence-corrected chi connectivity index (χ2v) is 56.9.